The van der Waals surface area contributed by atoms with Gasteiger partial charge in [-0.15, -0.1) is 0 Å². The van der Waals surface area contributed by atoms with Crippen molar-refractivity contribution in [2.45, 2.75) is 38.1 Å². The Morgan fingerprint density at radius 3 is 2.75 bits per heavy atom. The Bertz CT molecular complexity index is 602. The van der Waals surface area contributed by atoms with Crippen LogP contribution in [0.5, 0.6) is 0 Å². The smallest absolute Gasteiger partial charge is 0.249 e. The largest absolute Gasteiger partial charge is 0.344 e. The molecule has 6 heteroatoms. The van der Waals surface area contributed by atoms with Crippen molar-refractivity contribution in [1.29, 1.82) is 0 Å². The van der Waals surface area contributed by atoms with Crippen molar-refractivity contribution in [3.05, 3.63) is 29.3 Å². The summed E-state index contributed by atoms with van der Waals surface area (Å²) >= 11 is 6.17. The summed E-state index contributed by atoms with van der Waals surface area (Å²) in [7, 11) is 0. The molecule has 5 nitrogen and oxygen atoms in total. The molecule has 1 unspecified atom stereocenters. The van der Waals surface area contributed by atoms with E-state index in [-0.39, 0.29) is 11.8 Å². The van der Waals surface area contributed by atoms with Gasteiger partial charge in [-0.05, 0) is 56.8 Å². The molecule has 0 aliphatic carbocycles. The molecule has 2 N–H and O–H groups in total. The molecule has 1 atom stereocenters. The Balaban J connectivity index is 1.50. The van der Waals surface area contributed by atoms with Gasteiger partial charge in [0.1, 0.15) is 6.04 Å². The fraction of sp³-hybridized carbons (Fsp3) is 0.556. The van der Waals surface area contributed by atoms with E-state index in [0.717, 1.165) is 38.0 Å². The number of carbonyl (C=O) groups excluding carboxylic acids is 2. The predicted octanol–water partition coefficient (Wildman–Crippen LogP) is 2.34. The minimum absolute atomic E-state index is 0.0205. The number of hydrogen-bond donors (Lipinski definition) is 2. The normalized spacial score (nSPS) is 22.0. The SMILES string of the molecule is O=C(CCC1CCNCC1)NC1CCN(c2ccccc2Cl)C1=O. The molecule has 0 spiro atoms. The lowest BCUT2D eigenvalue weighted by atomic mass is 9.93. The molecule has 2 amide bonds. The zero-order valence-electron chi connectivity index (χ0n) is 13.8. The first-order chi connectivity index (χ1) is 11.6. The molecule has 0 saturated carbocycles. The van der Waals surface area contributed by atoms with Gasteiger partial charge >= 0.3 is 0 Å². The second-order valence-corrected chi connectivity index (χ2v) is 6.99. The van der Waals surface area contributed by atoms with Crippen molar-refractivity contribution in [2.24, 2.45) is 5.92 Å². The Labute approximate surface area is 147 Å². The number of para-hydroxylation sites is 1. The van der Waals surface area contributed by atoms with E-state index in [1.165, 1.54) is 0 Å². The van der Waals surface area contributed by atoms with Crippen LogP contribution in [0.25, 0.3) is 0 Å². The quantitative estimate of drug-likeness (QED) is 0.857. The first-order valence-electron chi connectivity index (χ1n) is 8.71. The van der Waals surface area contributed by atoms with E-state index in [2.05, 4.69) is 10.6 Å². The minimum atomic E-state index is -0.429. The number of benzene rings is 1. The maximum Gasteiger partial charge on any atom is 0.249 e. The topological polar surface area (TPSA) is 61.4 Å². The van der Waals surface area contributed by atoms with E-state index in [4.69, 9.17) is 11.6 Å². The van der Waals surface area contributed by atoms with Crippen LogP contribution in [-0.4, -0.2) is 37.5 Å². The van der Waals surface area contributed by atoms with Gasteiger partial charge in [0.15, 0.2) is 0 Å². The molecule has 3 rings (SSSR count). The molecule has 1 aromatic carbocycles. The summed E-state index contributed by atoms with van der Waals surface area (Å²) in [4.78, 5) is 26.4. The van der Waals surface area contributed by atoms with Gasteiger partial charge in [0.2, 0.25) is 11.8 Å². The van der Waals surface area contributed by atoms with E-state index in [0.29, 0.717) is 30.3 Å². The van der Waals surface area contributed by atoms with Crippen LogP contribution in [0.2, 0.25) is 5.02 Å². The highest BCUT2D eigenvalue weighted by atomic mass is 35.5. The Morgan fingerprint density at radius 2 is 2.00 bits per heavy atom. The van der Waals surface area contributed by atoms with E-state index in [9.17, 15) is 9.59 Å². The van der Waals surface area contributed by atoms with E-state index in [1.807, 2.05) is 18.2 Å². The molecule has 2 saturated heterocycles. The molecule has 2 heterocycles. The highest BCUT2D eigenvalue weighted by molar-refractivity contribution is 6.34. The number of hydrogen-bond acceptors (Lipinski definition) is 3. The molecular formula is C18H24ClN3O2. The Hall–Kier alpha value is -1.59. The Morgan fingerprint density at radius 1 is 1.25 bits per heavy atom. The third kappa shape index (κ3) is 4.08. The first-order valence-corrected chi connectivity index (χ1v) is 9.09. The van der Waals surface area contributed by atoms with Crippen LogP contribution < -0.4 is 15.5 Å². The summed E-state index contributed by atoms with van der Waals surface area (Å²) in [5.74, 6) is 0.530. The highest BCUT2D eigenvalue weighted by Crippen LogP contribution is 2.29. The standard InChI is InChI=1S/C18H24ClN3O2/c19-14-3-1-2-4-16(14)22-12-9-15(18(22)24)21-17(23)6-5-13-7-10-20-11-8-13/h1-4,13,15,20H,5-12H2,(H,21,23). The zero-order valence-corrected chi connectivity index (χ0v) is 14.5. The number of rotatable bonds is 5. The lowest BCUT2D eigenvalue weighted by Crippen LogP contribution is -2.41. The second kappa shape index (κ2) is 7.99. The predicted molar refractivity (Wildman–Crippen MR) is 95.2 cm³/mol. The van der Waals surface area contributed by atoms with Gasteiger partial charge in [-0.3, -0.25) is 9.59 Å². The highest BCUT2D eigenvalue weighted by Gasteiger charge is 2.34. The van der Waals surface area contributed by atoms with Crippen LogP contribution in [0.4, 0.5) is 5.69 Å². The molecule has 2 aliphatic rings. The molecule has 24 heavy (non-hydrogen) atoms. The van der Waals surface area contributed by atoms with Gasteiger partial charge < -0.3 is 15.5 Å². The van der Waals surface area contributed by atoms with Gasteiger partial charge in [-0.2, -0.15) is 0 Å². The summed E-state index contributed by atoms with van der Waals surface area (Å²) < 4.78 is 0. The number of nitrogens with zero attached hydrogens (tertiary/aromatic N) is 1. The molecule has 2 fully saturated rings. The van der Waals surface area contributed by atoms with Crippen molar-refractivity contribution >= 4 is 29.1 Å². The Kier molecular flexibility index (Phi) is 5.74. The van der Waals surface area contributed by atoms with Crippen LogP contribution in [-0.2, 0) is 9.59 Å². The van der Waals surface area contributed by atoms with Crippen molar-refractivity contribution in [1.82, 2.24) is 10.6 Å². The summed E-state index contributed by atoms with van der Waals surface area (Å²) in [6.07, 6.45) is 4.30. The lowest BCUT2D eigenvalue weighted by Gasteiger charge is -2.22. The fourth-order valence-corrected chi connectivity index (χ4v) is 3.73. The van der Waals surface area contributed by atoms with Gasteiger partial charge in [-0.1, -0.05) is 23.7 Å². The maximum atomic E-state index is 12.5. The van der Waals surface area contributed by atoms with Crippen molar-refractivity contribution in [2.75, 3.05) is 24.5 Å². The molecule has 130 valence electrons. The summed E-state index contributed by atoms with van der Waals surface area (Å²) in [5.41, 5.74) is 0.718. The number of halogens is 1. The lowest BCUT2D eigenvalue weighted by molar-refractivity contribution is -0.126. The molecule has 2 aliphatic heterocycles. The number of carbonyl (C=O) groups is 2. The average Bonchev–Trinajstić information content (AvgIpc) is 2.95. The number of anilines is 1. The van der Waals surface area contributed by atoms with Gasteiger partial charge in [0.25, 0.3) is 0 Å². The second-order valence-electron chi connectivity index (χ2n) is 6.58. The number of nitrogens with one attached hydrogen (secondary N) is 2. The third-order valence-corrected chi connectivity index (χ3v) is 5.24. The van der Waals surface area contributed by atoms with Gasteiger partial charge in [0.05, 0.1) is 10.7 Å². The van der Waals surface area contributed by atoms with Gasteiger partial charge in [0, 0.05) is 13.0 Å². The minimum Gasteiger partial charge on any atom is -0.344 e. The van der Waals surface area contributed by atoms with Crippen molar-refractivity contribution in [3.63, 3.8) is 0 Å². The monoisotopic (exact) mass is 349 g/mol. The van der Waals surface area contributed by atoms with Gasteiger partial charge in [-0.25, -0.2) is 0 Å². The van der Waals surface area contributed by atoms with Crippen molar-refractivity contribution < 1.29 is 9.59 Å². The van der Waals surface area contributed by atoms with Crippen LogP contribution in [0.1, 0.15) is 32.1 Å². The third-order valence-electron chi connectivity index (χ3n) is 4.92. The number of piperidine rings is 1. The van der Waals surface area contributed by atoms with Crippen LogP contribution in [0.3, 0.4) is 0 Å². The molecule has 0 radical (unpaired) electrons. The van der Waals surface area contributed by atoms with Crippen molar-refractivity contribution in [3.8, 4) is 0 Å². The van der Waals surface area contributed by atoms with Crippen LogP contribution in [0.15, 0.2) is 24.3 Å². The fourth-order valence-electron chi connectivity index (χ4n) is 3.50. The van der Waals surface area contributed by atoms with Crippen LogP contribution in [0, 0.1) is 5.92 Å². The molecule has 0 bridgehead atoms. The summed E-state index contributed by atoms with van der Waals surface area (Å²) in [6, 6.07) is 6.88. The van der Waals surface area contributed by atoms with E-state index < -0.39 is 6.04 Å². The maximum absolute atomic E-state index is 12.5. The molecular weight excluding hydrogens is 326 g/mol. The van der Waals surface area contributed by atoms with E-state index in [1.54, 1.807) is 11.0 Å². The zero-order chi connectivity index (χ0) is 16.9. The molecule has 0 aromatic heterocycles. The molecule has 1 aromatic rings. The summed E-state index contributed by atoms with van der Waals surface area (Å²) in [6.45, 7) is 2.67. The van der Waals surface area contributed by atoms with Crippen LogP contribution >= 0.6 is 11.6 Å². The number of amides is 2. The average molecular weight is 350 g/mol. The van der Waals surface area contributed by atoms with E-state index >= 15 is 0 Å². The first kappa shape index (κ1) is 17.2. The summed E-state index contributed by atoms with van der Waals surface area (Å²) in [5, 5.41) is 6.79.